The van der Waals surface area contributed by atoms with E-state index in [1.165, 1.54) is 10.3 Å². The first kappa shape index (κ1) is 10.4. The number of hydrogen-bond donors (Lipinski definition) is 1. The number of thiophene rings is 1. The van der Waals surface area contributed by atoms with Crippen molar-refractivity contribution in [3.8, 4) is 0 Å². The molecule has 1 N–H and O–H groups in total. The van der Waals surface area contributed by atoms with Crippen LogP contribution in [-0.2, 0) is 0 Å². The first-order valence-electron chi connectivity index (χ1n) is 5.34. The zero-order valence-corrected chi connectivity index (χ0v) is 10.2. The van der Waals surface area contributed by atoms with Crippen LogP contribution < -0.4 is 5.32 Å². The van der Waals surface area contributed by atoms with Crippen LogP contribution in [0, 0.1) is 0 Å². The Morgan fingerprint density at radius 3 is 2.93 bits per heavy atom. The van der Waals surface area contributed by atoms with Gasteiger partial charge in [0.1, 0.15) is 5.82 Å². The van der Waals surface area contributed by atoms with Crippen molar-refractivity contribution in [2.75, 3.05) is 11.9 Å². The second-order valence-electron chi connectivity index (χ2n) is 3.92. The minimum Gasteiger partial charge on any atom is -0.370 e. The molecule has 0 aliphatic heterocycles. The standard InChI is InChI=1S/C12H16N2S/c1-4-13-12-9(8(2)3)7-11-10(14-12)5-6-15-11/h5-8H,4H2,1-3H3,(H,13,14). The fourth-order valence-electron chi connectivity index (χ4n) is 1.66. The molecule has 0 atom stereocenters. The first-order chi connectivity index (χ1) is 7.22. The molecule has 2 aromatic rings. The van der Waals surface area contributed by atoms with E-state index in [-0.39, 0.29) is 0 Å². The summed E-state index contributed by atoms with van der Waals surface area (Å²) >= 11 is 1.76. The van der Waals surface area contributed by atoms with Gasteiger partial charge in [0, 0.05) is 6.54 Å². The van der Waals surface area contributed by atoms with E-state index in [4.69, 9.17) is 0 Å². The van der Waals surface area contributed by atoms with Crippen LogP contribution in [0.25, 0.3) is 10.2 Å². The Morgan fingerprint density at radius 2 is 2.27 bits per heavy atom. The number of anilines is 1. The zero-order valence-electron chi connectivity index (χ0n) is 9.37. The fourth-order valence-corrected chi connectivity index (χ4v) is 2.43. The molecule has 0 aliphatic rings. The molecule has 2 aromatic heterocycles. The molecule has 0 bridgehead atoms. The molecule has 0 saturated heterocycles. The van der Waals surface area contributed by atoms with Gasteiger partial charge in [0.2, 0.25) is 0 Å². The van der Waals surface area contributed by atoms with Gasteiger partial charge in [-0.15, -0.1) is 11.3 Å². The Labute approximate surface area is 94.3 Å². The molecule has 0 amide bonds. The molecule has 2 rings (SSSR count). The highest BCUT2D eigenvalue weighted by Gasteiger charge is 2.09. The van der Waals surface area contributed by atoms with Crippen LogP contribution in [0.2, 0.25) is 0 Å². The van der Waals surface area contributed by atoms with E-state index in [1.54, 1.807) is 11.3 Å². The normalized spacial score (nSPS) is 11.2. The van der Waals surface area contributed by atoms with E-state index in [9.17, 15) is 0 Å². The molecule has 3 heteroatoms. The molecule has 0 radical (unpaired) electrons. The van der Waals surface area contributed by atoms with Crippen LogP contribution in [0.1, 0.15) is 32.3 Å². The minimum absolute atomic E-state index is 0.512. The number of hydrogen-bond acceptors (Lipinski definition) is 3. The molecule has 0 aromatic carbocycles. The molecular weight excluding hydrogens is 204 g/mol. The average Bonchev–Trinajstić information content (AvgIpc) is 2.63. The lowest BCUT2D eigenvalue weighted by atomic mass is 10.0. The summed E-state index contributed by atoms with van der Waals surface area (Å²) in [7, 11) is 0. The predicted molar refractivity (Wildman–Crippen MR) is 67.9 cm³/mol. The van der Waals surface area contributed by atoms with Crippen molar-refractivity contribution in [1.82, 2.24) is 4.98 Å². The average molecular weight is 220 g/mol. The summed E-state index contributed by atoms with van der Waals surface area (Å²) in [6.45, 7) is 7.43. The highest BCUT2D eigenvalue weighted by molar-refractivity contribution is 7.17. The summed E-state index contributed by atoms with van der Waals surface area (Å²) in [6, 6.07) is 4.33. The van der Waals surface area contributed by atoms with Crippen molar-refractivity contribution in [2.45, 2.75) is 26.7 Å². The summed E-state index contributed by atoms with van der Waals surface area (Å²) in [6.07, 6.45) is 0. The van der Waals surface area contributed by atoms with E-state index in [1.807, 2.05) is 0 Å². The summed E-state index contributed by atoms with van der Waals surface area (Å²) < 4.78 is 1.28. The van der Waals surface area contributed by atoms with Crippen LogP contribution >= 0.6 is 11.3 Å². The van der Waals surface area contributed by atoms with Gasteiger partial charge in [0.25, 0.3) is 0 Å². The van der Waals surface area contributed by atoms with Gasteiger partial charge in [-0.05, 0) is 35.9 Å². The number of rotatable bonds is 3. The Kier molecular flexibility index (Phi) is 2.91. The zero-order chi connectivity index (χ0) is 10.8. The summed E-state index contributed by atoms with van der Waals surface area (Å²) in [5, 5.41) is 5.43. The molecule has 15 heavy (non-hydrogen) atoms. The molecule has 80 valence electrons. The van der Waals surface area contributed by atoms with Crippen molar-refractivity contribution < 1.29 is 0 Å². The van der Waals surface area contributed by atoms with E-state index < -0.39 is 0 Å². The van der Waals surface area contributed by atoms with E-state index in [0.29, 0.717) is 5.92 Å². The quantitative estimate of drug-likeness (QED) is 0.849. The van der Waals surface area contributed by atoms with Gasteiger partial charge in [0.05, 0.1) is 10.2 Å². The lowest BCUT2D eigenvalue weighted by Crippen LogP contribution is -2.04. The maximum absolute atomic E-state index is 4.65. The topological polar surface area (TPSA) is 24.9 Å². The van der Waals surface area contributed by atoms with Crippen LogP contribution in [0.4, 0.5) is 5.82 Å². The van der Waals surface area contributed by atoms with E-state index in [2.05, 4.69) is 48.6 Å². The molecule has 0 unspecified atom stereocenters. The van der Waals surface area contributed by atoms with E-state index >= 15 is 0 Å². The monoisotopic (exact) mass is 220 g/mol. The third-order valence-corrected chi connectivity index (χ3v) is 3.28. The fraction of sp³-hybridized carbons (Fsp3) is 0.417. The molecule has 2 nitrogen and oxygen atoms in total. The first-order valence-corrected chi connectivity index (χ1v) is 6.22. The third kappa shape index (κ3) is 1.97. The van der Waals surface area contributed by atoms with Gasteiger partial charge in [-0.2, -0.15) is 0 Å². The maximum atomic E-state index is 4.65. The third-order valence-electron chi connectivity index (χ3n) is 2.43. The lowest BCUT2D eigenvalue weighted by Gasteiger charge is -2.12. The van der Waals surface area contributed by atoms with Crippen LogP contribution in [-0.4, -0.2) is 11.5 Å². The molecule has 0 fully saturated rings. The van der Waals surface area contributed by atoms with Crippen molar-refractivity contribution in [3.05, 3.63) is 23.1 Å². The highest BCUT2D eigenvalue weighted by Crippen LogP contribution is 2.29. The predicted octanol–water partition coefficient (Wildman–Crippen LogP) is 3.85. The van der Waals surface area contributed by atoms with Crippen molar-refractivity contribution in [2.24, 2.45) is 0 Å². The number of pyridine rings is 1. The van der Waals surface area contributed by atoms with Crippen LogP contribution in [0.5, 0.6) is 0 Å². The second-order valence-corrected chi connectivity index (χ2v) is 4.86. The highest BCUT2D eigenvalue weighted by atomic mass is 32.1. The minimum atomic E-state index is 0.512. The van der Waals surface area contributed by atoms with Gasteiger partial charge >= 0.3 is 0 Å². The van der Waals surface area contributed by atoms with Crippen molar-refractivity contribution >= 4 is 27.4 Å². The van der Waals surface area contributed by atoms with E-state index in [0.717, 1.165) is 17.9 Å². The summed E-state index contributed by atoms with van der Waals surface area (Å²) in [5.74, 6) is 1.55. The number of nitrogens with zero attached hydrogens (tertiary/aromatic N) is 1. The second kappa shape index (κ2) is 4.19. The van der Waals surface area contributed by atoms with Gasteiger partial charge in [-0.1, -0.05) is 13.8 Å². The Bertz CT molecular complexity index is 460. The molecule has 0 aliphatic carbocycles. The number of fused-ring (bicyclic) bond motifs is 1. The Hall–Kier alpha value is -1.09. The Morgan fingerprint density at radius 1 is 1.47 bits per heavy atom. The van der Waals surface area contributed by atoms with Gasteiger partial charge in [-0.25, -0.2) is 4.98 Å². The van der Waals surface area contributed by atoms with Crippen molar-refractivity contribution in [3.63, 3.8) is 0 Å². The number of aromatic nitrogens is 1. The summed E-state index contributed by atoms with van der Waals surface area (Å²) in [5.41, 5.74) is 2.41. The summed E-state index contributed by atoms with van der Waals surface area (Å²) in [4.78, 5) is 4.65. The van der Waals surface area contributed by atoms with Gasteiger partial charge in [0.15, 0.2) is 0 Å². The van der Waals surface area contributed by atoms with Crippen LogP contribution in [0.15, 0.2) is 17.5 Å². The van der Waals surface area contributed by atoms with Gasteiger partial charge in [-0.3, -0.25) is 0 Å². The largest absolute Gasteiger partial charge is 0.370 e. The molecule has 0 saturated carbocycles. The lowest BCUT2D eigenvalue weighted by molar-refractivity contribution is 0.862. The van der Waals surface area contributed by atoms with Crippen LogP contribution in [0.3, 0.4) is 0 Å². The number of nitrogens with one attached hydrogen (secondary N) is 1. The maximum Gasteiger partial charge on any atom is 0.130 e. The molecular formula is C12H16N2S. The Balaban J connectivity index is 2.57. The van der Waals surface area contributed by atoms with Gasteiger partial charge < -0.3 is 5.32 Å². The molecule has 0 spiro atoms. The molecule has 2 heterocycles. The smallest absolute Gasteiger partial charge is 0.130 e. The van der Waals surface area contributed by atoms with Crippen molar-refractivity contribution in [1.29, 1.82) is 0 Å². The SMILES string of the molecule is CCNc1nc2ccsc2cc1C(C)C.